The Morgan fingerprint density at radius 3 is 2.65 bits per heavy atom. The number of nitrogen functional groups attached to an aromatic ring is 1. The number of rotatable bonds is 3. The first kappa shape index (κ1) is 11.4. The predicted molar refractivity (Wildman–Crippen MR) is 59.9 cm³/mol. The number of hydrogen-bond donors (Lipinski definition) is 2. The monoisotopic (exact) mass is 239 g/mol. The van der Waals surface area contributed by atoms with Crippen molar-refractivity contribution in [3.05, 3.63) is 29.8 Å². The number of ether oxygens (including phenoxy) is 1. The topological polar surface area (TPSA) is 63.9 Å². The third-order valence-electron chi connectivity index (χ3n) is 2.37. The normalized spacial score (nSPS) is 10.8. The highest BCUT2D eigenvalue weighted by Gasteiger charge is 2.15. The van der Waals surface area contributed by atoms with Crippen LogP contribution in [0.5, 0.6) is 5.75 Å². The molecule has 6 heteroatoms. The molecule has 0 fully saturated rings. The van der Waals surface area contributed by atoms with Crippen LogP contribution in [0.1, 0.15) is 12.0 Å². The lowest BCUT2D eigenvalue weighted by molar-refractivity contribution is 0.147. The molecule has 0 radical (unpaired) electrons. The van der Waals surface area contributed by atoms with Gasteiger partial charge in [-0.3, -0.25) is 5.10 Å². The van der Waals surface area contributed by atoms with Crippen LogP contribution in [0.3, 0.4) is 0 Å². The molecule has 0 aliphatic heterocycles. The zero-order chi connectivity index (χ0) is 12.4. The van der Waals surface area contributed by atoms with Gasteiger partial charge in [0, 0.05) is 11.6 Å². The van der Waals surface area contributed by atoms with Gasteiger partial charge in [0.25, 0.3) is 6.43 Å². The van der Waals surface area contributed by atoms with E-state index in [0.29, 0.717) is 17.1 Å². The second-order valence-corrected chi connectivity index (χ2v) is 3.46. The maximum atomic E-state index is 12.8. The van der Waals surface area contributed by atoms with Crippen LogP contribution in [0.2, 0.25) is 0 Å². The van der Waals surface area contributed by atoms with Crippen molar-refractivity contribution in [2.75, 3.05) is 12.8 Å². The minimum Gasteiger partial charge on any atom is -0.496 e. The van der Waals surface area contributed by atoms with Gasteiger partial charge in [-0.1, -0.05) is 0 Å². The molecule has 1 heterocycles. The van der Waals surface area contributed by atoms with Gasteiger partial charge in [0.1, 0.15) is 11.6 Å². The summed E-state index contributed by atoms with van der Waals surface area (Å²) >= 11 is 0. The molecule has 0 aliphatic rings. The number of H-pyrrole nitrogens is 1. The molecule has 0 atom stereocenters. The standard InChI is InChI=1S/C11H11F2N3O/c1-17-9-3-2-6(4-7(9)11(12)13)8-5-10(14)16-15-8/h2-5,11H,1H3,(H3,14,15,16). The van der Waals surface area contributed by atoms with Crippen LogP contribution in [0.25, 0.3) is 11.3 Å². The van der Waals surface area contributed by atoms with Gasteiger partial charge in [0.15, 0.2) is 0 Å². The van der Waals surface area contributed by atoms with E-state index in [1.165, 1.54) is 19.2 Å². The molecular formula is C11H11F2N3O. The summed E-state index contributed by atoms with van der Waals surface area (Å²) in [6, 6.07) is 6.10. The number of nitrogens with one attached hydrogen (secondary N) is 1. The summed E-state index contributed by atoms with van der Waals surface area (Å²) < 4.78 is 30.4. The first-order valence-electron chi connectivity index (χ1n) is 4.89. The van der Waals surface area contributed by atoms with Gasteiger partial charge in [-0.2, -0.15) is 5.10 Å². The fourth-order valence-electron chi connectivity index (χ4n) is 1.56. The average Bonchev–Trinajstić information content (AvgIpc) is 2.75. The van der Waals surface area contributed by atoms with Crippen LogP contribution in [0.4, 0.5) is 14.6 Å². The number of aromatic amines is 1. The second-order valence-electron chi connectivity index (χ2n) is 3.46. The number of halogens is 2. The fraction of sp³-hybridized carbons (Fsp3) is 0.182. The lowest BCUT2D eigenvalue weighted by Crippen LogP contribution is -1.93. The lowest BCUT2D eigenvalue weighted by atomic mass is 10.1. The van der Waals surface area contributed by atoms with Crippen molar-refractivity contribution in [1.29, 1.82) is 0 Å². The highest BCUT2D eigenvalue weighted by Crippen LogP contribution is 2.32. The highest BCUT2D eigenvalue weighted by molar-refractivity contribution is 5.64. The van der Waals surface area contributed by atoms with Gasteiger partial charge in [-0.25, -0.2) is 8.78 Å². The third kappa shape index (κ3) is 2.20. The SMILES string of the molecule is COc1ccc(-c2cc(N)n[nH]2)cc1C(F)F. The summed E-state index contributed by atoms with van der Waals surface area (Å²) in [7, 11) is 1.36. The smallest absolute Gasteiger partial charge is 0.267 e. The lowest BCUT2D eigenvalue weighted by Gasteiger charge is -2.09. The molecule has 0 bridgehead atoms. The Kier molecular flexibility index (Phi) is 2.95. The summed E-state index contributed by atoms with van der Waals surface area (Å²) in [5, 5.41) is 6.41. The number of aromatic nitrogens is 2. The Hall–Kier alpha value is -2.11. The van der Waals surface area contributed by atoms with E-state index in [9.17, 15) is 8.78 Å². The summed E-state index contributed by atoms with van der Waals surface area (Å²) in [6.07, 6.45) is -2.59. The largest absolute Gasteiger partial charge is 0.496 e. The quantitative estimate of drug-likeness (QED) is 0.865. The van der Waals surface area contributed by atoms with Crippen molar-refractivity contribution in [1.82, 2.24) is 10.2 Å². The van der Waals surface area contributed by atoms with Gasteiger partial charge in [0.2, 0.25) is 0 Å². The molecular weight excluding hydrogens is 228 g/mol. The molecule has 3 N–H and O–H groups in total. The van der Waals surface area contributed by atoms with Crippen molar-refractivity contribution in [2.45, 2.75) is 6.43 Å². The van der Waals surface area contributed by atoms with E-state index >= 15 is 0 Å². The summed E-state index contributed by atoms with van der Waals surface area (Å²) in [5.74, 6) is 0.477. The van der Waals surface area contributed by atoms with Crippen LogP contribution in [-0.4, -0.2) is 17.3 Å². The molecule has 90 valence electrons. The van der Waals surface area contributed by atoms with E-state index in [4.69, 9.17) is 10.5 Å². The highest BCUT2D eigenvalue weighted by atomic mass is 19.3. The van der Waals surface area contributed by atoms with Crippen molar-refractivity contribution in [2.24, 2.45) is 0 Å². The Balaban J connectivity index is 2.47. The third-order valence-corrected chi connectivity index (χ3v) is 2.37. The summed E-state index contributed by atoms with van der Waals surface area (Å²) in [6.45, 7) is 0. The zero-order valence-electron chi connectivity index (χ0n) is 9.08. The van der Waals surface area contributed by atoms with E-state index < -0.39 is 6.43 Å². The number of nitrogens with two attached hydrogens (primary N) is 1. The molecule has 0 spiro atoms. The van der Waals surface area contributed by atoms with Crippen LogP contribution < -0.4 is 10.5 Å². The number of anilines is 1. The first-order valence-corrected chi connectivity index (χ1v) is 4.89. The van der Waals surface area contributed by atoms with E-state index in [1.807, 2.05) is 0 Å². The molecule has 0 aliphatic carbocycles. The molecule has 2 rings (SSSR count). The Morgan fingerprint density at radius 1 is 1.35 bits per heavy atom. The maximum Gasteiger partial charge on any atom is 0.267 e. The molecule has 0 amide bonds. The minimum atomic E-state index is -2.59. The van der Waals surface area contributed by atoms with Crippen LogP contribution in [-0.2, 0) is 0 Å². The van der Waals surface area contributed by atoms with E-state index in [2.05, 4.69) is 10.2 Å². The van der Waals surface area contributed by atoms with Crippen LogP contribution in [0.15, 0.2) is 24.3 Å². The number of benzene rings is 1. The van der Waals surface area contributed by atoms with Gasteiger partial charge >= 0.3 is 0 Å². The van der Waals surface area contributed by atoms with E-state index in [1.54, 1.807) is 12.1 Å². The van der Waals surface area contributed by atoms with Crippen molar-refractivity contribution >= 4 is 5.82 Å². The Labute approximate surface area is 96.4 Å². The maximum absolute atomic E-state index is 12.8. The van der Waals surface area contributed by atoms with Gasteiger partial charge in [0.05, 0.1) is 18.4 Å². The van der Waals surface area contributed by atoms with Crippen LogP contribution in [0, 0.1) is 0 Å². The molecule has 0 saturated carbocycles. The molecule has 0 unspecified atom stereocenters. The summed E-state index contributed by atoms with van der Waals surface area (Å²) in [5.41, 5.74) is 6.48. The number of methoxy groups -OCH3 is 1. The number of nitrogens with zero attached hydrogens (tertiary/aromatic N) is 1. The molecule has 4 nitrogen and oxygen atoms in total. The molecule has 1 aromatic carbocycles. The molecule has 1 aromatic heterocycles. The molecule has 2 aromatic rings. The minimum absolute atomic E-state index is 0.154. The van der Waals surface area contributed by atoms with Gasteiger partial charge < -0.3 is 10.5 Å². The van der Waals surface area contributed by atoms with E-state index in [-0.39, 0.29) is 11.3 Å². The van der Waals surface area contributed by atoms with Crippen molar-refractivity contribution in [3.8, 4) is 17.0 Å². The van der Waals surface area contributed by atoms with Gasteiger partial charge in [-0.15, -0.1) is 0 Å². The number of alkyl halides is 2. The van der Waals surface area contributed by atoms with Crippen molar-refractivity contribution in [3.63, 3.8) is 0 Å². The summed E-state index contributed by atoms with van der Waals surface area (Å²) in [4.78, 5) is 0. The van der Waals surface area contributed by atoms with Crippen LogP contribution >= 0.6 is 0 Å². The predicted octanol–water partition coefficient (Wildman–Crippen LogP) is 2.61. The number of hydrogen-bond acceptors (Lipinski definition) is 3. The van der Waals surface area contributed by atoms with E-state index in [0.717, 1.165) is 0 Å². The second kappa shape index (κ2) is 4.40. The zero-order valence-corrected chi connectivity index (χ0v) is 9.08. The molecule has 17 heavy (non-hydrogen) atoms. The Bertz CT molecular complexity index is 525. The Morgan fingerprint density at radius 2 is 2.12 bits per heavy atom. The van der Waals surface area contributed by atoms with Crippen molar-refractivity contribution < 1.29 is 13.5 Å². The van der Waals surface area contributed by atoms with Gasteiger partial charge in [-0.05, 0) is 18.2 Å². The average molecular weight is 239 g/mol. The first-order chi connectivity index (χ1) is 8.11. The fourth-order valence-corrected chi connectivity index (χ4v) is 1.56. The molecule has 0 saturated heterocycles.